The molecule has 0 bridgehead atoms. The van der Waals surface area contributed by atoms with E-state index in [4.69, 9.17) is 5.11 Å². The van der Waals surface area contributed by atoms with Crippen LogP contribution < -0.4 is 0 Å². The minimum atomic E-state index is -0.899. The van der Waals surface area contributed by atoms with E-state index in [1.54, 1.807) is 0 Å². The summed E-state index contributed by atoms with van der Waals surface area (Å²) in [4.78, 5) is 24.4. The molecular formula is C13H15NO3. The van der Waals surface area contributed by atoms with Gasteiger partial charge < -0.3 is 10.0 Å². The maximum Gasteiger partial charge on any atom is 0.326 e. The highest BCUT2D eigenvalue weighted by atomic mass is 16.4. The number of aliphatic carboxylic acids is 1. The minimum Gasteiger partial charge on any atom is -0.480 e. The third kappa shape index (κ3) is 2.64. The molecule has 4 heteroatoms. The van der Waals surface area contributed by atoms with Crippen LogP contribution in [0.15, 0.2) is 30.3 Å². The number of nitrogens with zero attached hydrogens (tertiary/aromatic N) is 1. The Balaban J connectivity index is 2.03. The SMILES string of the molecule is O=C(O)[C@@H]1CCCN1C(=O)Cc1ccccc1. The number of carboxylic acids is 1. The first-order valence-corrected chi connectivity index (χ1v) is 5.74. The molecule has 0 aromatic heterocycles. The second-order valence-corrected chi connectivity index (χ2v) is 4.25. The molecule has 90 valence electrons. The van der Waals surface area contributed by atoms with Crippen LogP contribution in [0.5, 0.6) is 0 Å². The lowest BCUT2D eigenvalue weighted by Gasteiger charge is -2.21. The summed E-state index contributed by atoms with van der Waals surface area (Å²) in [6.07, 6.45) is 1.62. The van der Waals surface area contributed by atoms with Crippen LogP contribution in [0, 0.1) is 0 Å². The first kappa shape index (κ1) is 11.6. The first-order valence-electron chi connectivity index (χ1n) is 5.74. The van der Waals surface area contributed by atoms with E-state index in [-0.39, 0.29) is 12.3 Å². The van der Waals surface area contributed by atoms with E-state index in [1.165, 1.54) is 4.90 Å². The van der Waals surface area contributed by atoms with E-state index >= 15 is 0 Å². The number of carboxylic acid groups (broad SMARTS) is 1. The molecule has 1 saturated heterocycles. The van der Waals surface area contributed by atoms with E-state index < -0.39 is 12.0 Å². The molecule has 1 N–H and O–H groups in total. The van der Waals surface area contributed by atoms with Crippen LogP contribution in [0.1, 0.15) is 18.4 Å². The zero-order valence-electron chi connectivity index (χ0n) is 9.50. The van der Waals surface area contributed by atoms with Gasteiger partial charge in [0.2, 0.25) is 5.91 Å². The van der Waals surface area contributed by atoms with Crippen LogP contribution in [0.25, 0.3) is 0 Å². The van der Waals surface area contributed by atoms with Gasteiger partial charge in [0.05, 0.1) is 6.42 Å². The normalized spacial score (nSPS) is 19.3. The van der Waals surface area contributed by atoms with Crippen molar-refractivity contribution >= 4 is 11.9 Å². The fraction of sp³-hybridized carbons (Fsp3) is 0.385. The minimum absolute atomic E-state index is 0.0962. The molecule has 1 aromatic carbocycles. The third-order valence-corrected chi connectivity index (χ3v) is 3.06. The lowest BCUT2D eigenvalue weighted by molar-refractivity contribution is -0.148. The van der Waals surface area contributed by atoms with Gasteiger partial charge in [0.1, 0.15) is 6.04 Å². The number of hydrogen-bond donors (Lipinski definition) is 1. The molecule has 17 heavy (non-hydrogen) atoms. The van der Waals surface area contributed by atoms with E-state index in [0.29, 0.717) is 13.0 Å². The molecule has 1 amide bonds. The van der Waals surface area contributed by atoms with Gasteiger partial charge in [-0.1, -0.05) is 30.3 Å². The van der Waals surface area contributed by atoms with Crippen LogP contribution >= 0.6 is 0 Å². The third-order valence-electron chi connectivity index (χ3n) is 3.06. The van der Waals surface area contributed by atoms with Crippen molar-refractivity contribution in [2.45, 2.75) is 25.3 Å². The van der Waals surface area contributed by atoms with Crippen molar-refractivity contribution in [1.29, 1.82) is 0 Å². The molecule has 0 radical (unpaired) electrons. The molecule has 1 aliphatic rings. The van der Waals surface area contributed by atoms with Gasteiger partial charge >= 0.3 is 5.97 Å². The molecule has 0 unspecified atom stereocenters. The van der Waals surface area contributed by atoms with Crippen LogP contribution in [-0.4, -0.2) is 34.5 Å². The lowest BCUT2D eigenvalue weighted by Crippen LogP contribution is -2.41. The highest BCUT2D eigenvalue weighted by Gasteiger charge is 2.33. The average molecular weight is 233 g/mol. The average Bonchev–Trinajstić information content (AvgIpc) is 2.79. The Morgan fingerprint density at radius 2 is 2.00 bits per heavy atom. The summed E-state index contributed by atoms with van der Waals surface area (Å²) in [5.41, 5.74) is 0.925. The Morgan fingerprint density at radius 3 is 2.65 bits per heavy atom. The summed E-state index contributed by atoms with van der Waals surface area (Å²) in [6, 6.07) is 8.77. The fourth-order valence-electron chi connectivity index (χ4n) is 2.19. The van der Waals surface area contributed by atoms with Crippen molar-refractivity contribution in [2.75, 3.05) is 6.54 Å². The molecule has 1 atom stereocenters. The lowest BCUT2D eigenvalue weighted by atomic mass is 10.1. The summed E-state index contributed by atoms with van der Waals surface area (Å²) in [5, 5.41) is 9.00. The van der Waals surface area contributed by atoms with E-state index in [0.717, 1.165) is 12.0 Å². The van der Waals surface area contributed by atoms with Crippen LogP contribution in [0.3, 0.4) is 0 Å². The van der Waals surface area contributed by atoms with Crippen LogP contribution in [0.4, 0.5) is 0 Å². The Kier molecular flexibility index (Phi) is 3.42. The summed E-state index contributed by atoms with van der Waals surface area (Å²) in [5.74, 6) is -0.995. The van der Waals surface area contributed by atoms with Crippen LogP contribution in [0.2, 0.25) is 0 Å². The molecule has 0 saturated carbocycles. The van der Waals surface area contributed by atoms with Crippen molar-refractivity contribution in [1.82, 2.24) is 4.90 Å². The summed E-state index contributed by atoms with van der Waals surface area (Å²) in [7, 11) is 0. The van der Waals surface area contributed by atoms with Gasteiger partial charge in [-0.25, -0.2) is 4.79 Å². The van der Waals surface area contributed by atoms with Crippen molar-refractivity contribution in [2.24, 2.45) is 0 Å². The zero-order valence-corrected chi connectivity index (χ0v) is 9.50. The molecule has 0 spiro atoms. The van der Waals surface area contributed by atoms with Gasteiger partial charge in [0.15, 0.2) is 0 Å². The van der Waals surface area contributed by atoms with Gasteiger partial charge in [0, 0.05) is 6.54 Å². The quantitative estimate of drug-likeness (QED) is 0.856. The number of amides is 1. The second kappa shape index (κ2) is 4.99. The molecule has 1 aromatic rings. The highest BCUT2D eigenvalue weighted by Crippen LogP contribution is 2.18. The van der Waals surface area contributed by atoms with Crippen molar-refractivity contribution < 1.29 is 14.7 Å². The van der Waals surface area contributed by atoms with Gasteiger partial charge in [-0.05, 0) is 18.4 Å². The number of rotatable bonds is 3. The smallest absolute Gasteiger partial charge is 0.326 e. The van der Waals surface area contributed by atoms with Crippen molar-refractivity contribution in [3.05, 3.63) is 35.9 Å². The van der Waals surface area contributed by atoms with E-state index in [1.807, 2.05) is 30.3 Å². The molecule has 1 fully saturated rings. The number of benzene rings is 1. The number of hydrogen-bond acceptors (Lipinski definition) is 2. The maximum absolute atomic E-state index is 12.0. The zero-order chi connectivity index (χ0) is 12.3. The molecule has 0 aliphatic carbocycles. The summed E-state index contributed by atoms with van der Waals surface area (Å²) in [6.45, 7) is 0.558. The van der Waals surface area contributed by atoms with Gasteiger partial charge in [0.25, 0.3) is 0 Å². The predicted molar refractivity (Wildman–Crippen MR) is 62.5 cm³/mol. The molecule has 4 nitrogen and oxygen atoms in total. The second-order valence-electron chi connectivity index (χ2n) is 4.25. The van der Waals surface area contributed by atoms with Crippen molar-refractivity contribution in [3.63, 3.8) is 0 Å². The van der Waals surface area contributed by atoms with Gasteiger partial charge in [-0.2, -0.15) is 0 Å². The monoisotopic (exact) mass is 233 g/mol. The Labute approximate surface area is 99.9 Å². The number of likely N-dealkylation sites (tertiary alicyclic amines) is 1. The Morgan fingerprint density at radius 1 is 1.29 bits per heavy atom. The summed E-state index contributed by atoms with van der Waals surface area (Å²) >= 11 is 0. The first-order chi connectivity index (χ1) is 8.18. The fourth-order valence-corrected chi connectivity index (χ4v) is 2.19. The highest BCUT2D eigenvalue weighted by molar-refractivity contribution is 5.85. The van der Waals surface area contributed by atoms with Crippen LogP contribution in [-0.2, 0) is 16.0 Å². The number of carbonyl (C=O) groups excluding carboxylic acids is 1. The number of carbonyl (C=O) groups is 2. The maximum atomic E-state index is 12.0. The summed E-state index contributed by atoms with van der Waals surface area (Å²) < 4.78 is 0. The molecule has 1 aliphatic heterocycles. The topological polar surface area (TPSA) is 57.6 Å². The Bertz CT molecular complexity index is 416. The van der Waals surface area contributed by atoms with Gasteiger partial charge in [-0.3, -0.25) is 4.79 Å². The molecule has 2 rings (SSSR count). The van der Waals surface area contributed by atoms with E-state index in [9.17, 15) is 9.59 Å². The van der Waals surface area contributed by atoms with Gasteiger partial charge in [-0.15, -0.1) is 0 Å². The Hall–Kier alpha value is -1.84. The molecular weight excluding hydrogens is 218 g/mol. The molecule has 1 heterocycles. The predicted octanol–water partition coefficient (Wildman–Crippen LogP) is 1.30. The largest absolute Gasteiger partial charge is 0.480 e. The van der Waals surface area contributed by atoms with Crippen molar-refractivity contribution in [3.8, 4) is 0 Å². The standard InChI is InChI=1S/C13H15NO3/c15-12(9-10-5-2-1-3-6-10)14-8-4-7-11(14)13(16)17/h1-3,5-6,11H,4,7-9H2,(H,16,17)/t11-/m0/s1. The van der Waals surface area contributed by atoms with E-state index in [2.05, 4.69) is 0 Å².